The Morgan fingerprint density at radius 3 is 0.690 bits per heavy atom. The summed E-state index contributed by atoms with van der Waals surface area (Å²) >= 11 is 0. The molecule has 0 radical (unpaired) electrons. The van der Waals surface area contributed by atoms with Gasteiger partial charge in [0, 0.05) is 77.8 Å². The molecule has 0 aromatic carbocycles. The fourth-order valence-corrected chi connectivity index (χ4v) is 7.25. The second-order valence-electron chi connectivity index (χ2n) is 15.5. The number of amides is 6. The Morgan fingerprint density at radius 2 is 0.517 bits per heavy atom. The number of nitrogens with one attached hydrogen (secondary N) is 6. The zero-order valence-corrected chi connectivity index (χ0v) is 33.6. The number of fused-ring (bicyclic) bond motifs is 24. The van der Waals surface area contributed by atoms with E-state index in [2.05, 4.69) is 60.9 Å². The van der Waals surface area contributed by atoms with E-state index in [4.69, 9.17) is 0 Å². The van der Waals surface area contributed by atoms with Crippen LogP contribution < -0.4 is 31.9 Å². The van der Waals surface area contributed by atoms with Crippen LogP contribution in [-0.2, 0) is 0 Å². The molecule has 0 saturated carbocycles. The third kappa shape index (κ3) is 13.1. The molecule has 6 amide bonds. The predicted molar refractivity (Wildman–Crippen MR) is 216 cm³/mol. The number of nitrogens with zero attached hydrogens (tertiary/aromatic N) is 5. The van der Waals surface area contributed by atoms with E-state index in [9.17, 15) is 28.8 Å². The van der Waals surface area contributed by atoms with Crippen LogP contribution in [0, 0.1) is 0 Å². The summed E-state index contributed by atoms with van der Waals surface area (Å²) in [5.41, 5.74) is 0.923. The van der Waals surface area contributed by atoms with Gasteiger partial charge in [-0.1, -0.05) is 18.2 Å². The highest BCUT2D eigenvalue weighted by molar-refractivity contribution is 5.97. The molecule has 310 valence electrons. The lowest BCUT2D eigenvalue weighted by Crippen LogP contribution is -2.49. The number of quaternary nitrogens is 2. The summed E-state index contributed by atoms with van der Waals surface area (Å²) in [6, 6.07) is 14.4. The quantitative estimate of drug-likeness (QED) is 0.178. The minimum absolute atomic E-state index is 0.154. The molecule has 3 aliphatic heterocycles. The van der Waals surface area contributed by atoms with Crippen LogP contribution in [0.15, 0.2) is 54.6 Å². The molecule has 0 unspecified atom stereocenters. The Morgan fingerprint density at radius 1 is 0.345 bits per heavy atom. The van der Waals surface area contributed by atoms with Crippen molar-refractivity contribution >= 4 is 35.4 Å². The molecule has 0 saturated heterocycles. The highest BCUT2D eigenvalue weighted by Gasteiger charge is 2.24. The number of rotatable bonds is 0. The highest BCUT2D eigenvalue weighted by Crippen LogP contribution is 2.11. The SMILES string of the molecule is C[N+]12CCCNC(=O)c3cccc(n3)C(=O)NCCC[N+](C)(CCCNC(=O)c3cccc(n3)C(=O)NCCC1)CCCNC(=O)c1cccc(n1)C(=O)NCCC2. The molecular formula is C41H57N11O6+2. The third-order valence-electron chi connectivity index (χ3n) is 10.6. The second-order valence-corrected chi connectivity index (χ2v) is 15.5. The average molecular weight is 800 g/mol. The van der Waals surface area contributed by atoms with Crippen LogP contribution in [0.2, 0.25) is 0 Å². The molecule has 0 aliphatic carbocycles. The van der Waals surface area contributed by atoms with E-state index in [0.29, 0.717) is 126 Å². The fourth-order valence-electron chi connectivity index (χ4n) is 7.25. The van der Waals surface area contributed by atoms with E-state index in [1.165, 1.54) is 0 Å². The summed E-state index contributed by atoms with van der Waals surface area (Å²) in [5, 5.41) is 17.6. The van der Waals surface area contributed by atoms with Gasteiger partial charge in [0.25, 0.3) is 35.4 Å². The van der Waals surface area contributed by atoms with Crippen molar-refractivity contribution in [1.82, 2.24) is 46.9 Å². The molecule has 3 aliphatic rings. The number of hydrogen-bond acceptors (Lipinski definition) is 9. The smallest absolute Gasteiger partial charge is 0.269 e. The molecule has 17 nitrogen and oxygen atoms in total. The van der Waals surface area contributed by atoms with Gasteiger partial charge in [0.2, 0.25) is 0 Å². The van der Waals surface area contributed by atoms with Crippen LogP contribution in [-0.4, -0.2) is 152 Å². The number of carbonyl (C=O) groups excluding carboxylic acids is 6. The van der Waals surface area contributed by atoms with Crippen LogP contribution >= 0.6 is 0 Å². The standard InChI is InChI=1S/C41H55N11O6/c1-51-24-6-18-42-36(53)30-12-3-15-33(48-30)39(56)45-21-9-27-52(2,28-10-22-46-40(57)34-16-4-13-31(49-34)37(54)43-19-7-25-51)29-11-23-47-41(58)35-17-5-14-32(50-35)38(55)44-20-8-26-51/h3-5,12-17H,6-11,18-29H2,1-2H3,(H4-2,42,43,44,45,46,47,53,54,55,56,57,58)/p+2. The van der Waals surface area contributed by atoms with Crippen molar-refractivity contribution in [3.05, 3.63) is 88.8 Å². The van der Waals surface area contributed by atoms with Crippen LogP contribution in [0.3, 0.4) is 0 Å². The van der Waals surface area contributed by atoms with Crippen LogP contribution in [0.4, 0.5) is 0 Å². The first-order valence-corrected chi connectivity index (χ1v) is 20.2. The first-order chi connectivity index (χ1) is 27.9. The van der Waals surface area contributed by atoms with Gasteiger partial charge in [-0.05, 0) is 36.4 Å². The maximum atomic E-state index is 13.1. The van der Waals surface area contributed by atoms with Crippen molar-refractivity contribution in [2.45, 2.75) is 38.5 Å². The van der Waals surface area contributed by atoms with Crippen molar-refractivity contribution in [3.8, 4) is 0 Å². The van der Waals surface area contributed by atoms with Crippen LogP contribution in [0.1, 0.15) is 101 Å². The largest absolute Gasteiger partial charge is 0.350 e. The minimum atomic E-state index is -0.369. The van der Waals surface area contributed by atoms with Crippen molar-refractivity contribution in [1.29, 1.82) is 0 Å². The topological polar surface area (TPSA) is 213 Å². The van der Waals surface area contributed by atoms with E-state index in [1.807, 2.05) is 0 Å². The van der Waals surface area contributed by atoms with Gasteiger partial charge >= 0.3 is 0 Å². The van der Waals surface area contributed by atoms with Gasteiger partial charge in [0.15, 0.2) is 0 Å². The van der Waals surface area contributed by atoms with E-state index in [-0.39, 0.29) is 69.6 Å². The maximum Gasteiger partial charge on any atom is 0.269 e. The van der Waals surface area contributed by atoms with Crippen molar-refractivity contribution in [2.75, 3.05) is 92.6 Å². The number of pyridine rings is 3. The molecule has 6 N–H and O–H groups in total. The van der Waals surface area contributed by atoms with E-state index in [1.54, 1.807) is 54.6 Å². The van der Waals surface area contributed by atoms with Crippen LogP contribution in [0.5, 0.6) is 0 Å². The van der Waals surface area contributed by atoms with Gasteiger partial charge in [-0.25, -0.2) is 15.0 Å². The van der Waals surface area contributed by atoms with Crippen LogP contribution in [0.25, 0.3) is 0 Å². The molecule has 6 rings (SSSR count). The number of carbonyl (C=O) groups is 6. The maximum absolute atomic E-state index is 13.1. The monoisotopic (exact) mass is 799 g/mol. The van der Waals surface area contributed by atoms with Gasteiger partial charge in [-0.2, -0.15) is 0 Å². The van der Waals surface area contributed by atoms with E-state index >= 15 is 0 Å². The first-order valence-electron chi connectivity index (χ1n) is 20.2. The normalized spacial score (nSPS) is 23.3. The Balaban J connectivity index is 1.40. The lowest BCUT2D eigenvalue weighted by Gasteiger charge is -2.35. The molecule has 0 atom stereocenters. The minimum Gasteiger partial charge on any atom is -0.350 e. The molecule has 58 heavy (non-hydrogen) atoms. The van der Waals surface area contributed by atoms with Gasteiger partial charge in [0.1, 0.15) is 34.2 Å². The zero-order chi connectivity index (χ0) is 41.4. The molecule has 3 aromatic heterocycles. The summed E-state index contributed by atoms with van der Waals surface area (Å²) in [5.74, 6) is -2.21. The van der Waals surface area contributed by atoms with Gasteiger partial charge in [-0.15, -0.1) is 0 Å². The Bertz CT molecular complexity index is 1600. The lowest BCUT2D eigenvalue weighted by atomic mass is 10.2. The first kappa shape index (κ1) is 43.3. The summed E-state index contributed by atoms with van der Waals surface area (Å²) in [4.78, 5) is 91.7. The highest BCUT2D eigenvalue weighted by atomic mass is 16.2. The zero-order valence-electron chi connectivity index (χ0n) is 33.6. The van der Waals surface area contributed by atoms with E-state index in [0.717, 1.165) is 0 Å². The molecule has 8 bridgehead atoms. The number of hydrogen-bond donors (Lipinski definition) is 6. The van der Waals surface area contributed by atoms with Gasteiger partial charge in [-0.3, -0.25) is 28.8 Å². The third-order valence-corrected chi connectivity index (χ3v) is 10.6. The second kappa shape index (κ2) is 21.1. The summed E-state index contributed by atoms with van der Waals surface area (Å²) in [6.45, 7) is 6.38. The number of aromatic nitrogens is 3. The van der Waals surface area contributed by atoms with Crippen molar-refractivity contribution in [3.63, 3.8) is 0 Å². The predicted octanol–water partition coefficient (Wildman–Crippen LogP) is 0.912. The molecule has 0 spiro atoms. The Kier molecular flexibility index (Phi) is 15.8. The molecule has 3 aromatic rings. The van der Waals surface area contributed by atoms with Crippen molar-refractivity contribution < 1.29 is 37.7 Å². The van der Waals surface area contributed by atoms with Crippen molar-refractivity contribution in [2.24, 2.45) is 0 Å². The lowest BCUT2D eigenvalue weighted by molar-refractivity contribution is -0.909. The Hall–Kier alpha value is -5.81. The van der Waals surface area contributed by atoms with Gasteiger partial charge in [0.05, 0.1) is 53.4 Å². The van der Waals surface area contributed by atoms with E-state index < -0.39 is 0 Å². The fraction of sp³-hybridized carbons (Fsp3) is 0.488. The molecule has 6 heterocycles. The summed E-state index contributed by atoms with van der Waals surface area (Å²) in [6.07, 6.45) is 3.81. The molecule has 17 heteroatoms. The average Bonchev–Trinajstić information content (AvgIpc) is 3.23. The van der Waals surface area contributed by atoms with Gasteiger partial charge < -0.3 is 40.9 Å². The summed E-state index contributed by atoms with van der Waals surface area (Å²) < 4.78 is 1.19. The Labute approximate surface area is 339 Å². The molecular weight excluding hydrogens is 743 g/mol. The molecule has 0 fully saturated rings. The summed E-state index contributed by atoms with van der Waals surface area (Å²) in [7, 11) is 4.19.